The van der Waals surface area contributed by atoms with E-state index in [2.05, 4.69) is 16.8 Å². The molecule has 1 aliphatic heterocycles. The number of thiazole rings is 1. The largest absolute Gasteiger partial charge is 0.337 e. The smallest absolute Gasteiger partial charge is 0.273 e. The molecule has 1 aromatic rings. The molecule has 0 atom stereocenters. The SMILES string of the molecule is CCN1CCC(N(C)C(=O)c2csc(CCN)n2)CC1. The van der Waals surface area contributed by atoms with Gasteiger partial charge in [0, 0.05) is 38.0 Å². The third-order valence-electron chi connectivity index (χ3n) is 4.00. The van der Waals surface area contributed by atoms with Gasteiger partial charge in [-0.2, -0.15) is 0 Å². The summed E-state index contributed by atoms with van der Waals surface area (Å²) in [5.74, 6) is 0.0412. The molecule has 20 heavy (non-hydrogen) atoms. The summed E-state index contributed by atoms with van der Waals surface area (Å²) in [6.45, 7) is 6.01. The molecule has 1 saturated heterocycles. The maximum Gasteiger partial charge on any atom is 0.273 e. The fourth-order valence-electron chi connectivity index (χ4n) is 2.62. The predicted molar refractivity (Wildman–Crippen MR) is 82.1 cm³/mol. The minimum Gasteiger partial charge on any atom is -0.337 e. The fraction of sp³-hybridized carbons (Fsp3) is 0.714. The van der Waals surface area contributed by atoms with Gasteiger partial charge in [-0.3, -0.25) is 4.79 Å². The molecule has 1 aromatic heterocycles. The fourth-order valence-corrected chi connectivity index (χ4v) is 3.40. The van der Waals surface area contributed by atoms with Gasteiger partial charge in [-0.05, 0) is 25.9 Å². The minimum atomic E-state index is 0.0412. The van der Waals surface area contributed by atoms with Gasteiger partial charge in [0.15, 0.2) is 0 Å². The summed E-state index contributed by atoms with van der Waals surface area (Å²) in [6, 6.07) is 0.338. The van der Waals surface area contributed by atoms with Crippen molar-refractivity contribution in [1.82, 2.24) is 14.8 Å². The maximum atomic E-state index is 12.4. The average molecular weight is 296 g/mol. The maximum absolute atomic E-state index is 12.4. The Morgan fingerprint density at radius 1 is 1.55 bits per heavy atom. The second-order valence-corrected chi connectivity index (χ2v) is 6.19. The third kappa shape index (κ3) is 3.56. The molecule has 2 heterocycles. The number of nitrogens with two attached hydrogens (primary N) is 1. The van der Waals surface area contributed by atoms with Crippen molar-refractivity contribution in [1.29, 1.82) is 0 Å². The lowest BCUT2D eigenvalue weighted by Crippen LogP contribution is -2.45. The lowest BCUT2D eigenvalue weighted by Gasteiger charge is -2.36. The van der Waals surface area contributed by atoms with Gasteiger partial charge in [-0.1, -0.05) is 6.92 Å². The van der Waals surface area contributed by atoms with Gasteiger partial charge in [0.2, 0.25) is 0 Å². The van der Waals surface area contributed by atoms with E-state index in [9.17, 15) is 4.79 Å². The van der Waals surface area contributed by atoms with E-state index < -0.39 is 0 Å². The van der Waals surface area contributed by atoms with Crippen LogP contribution in [0.3, 0.4) is 0 Å². The van der Waals surface area contributed by atoms with E-state index in [1.54, 1.807) is 0 Å². The first kappa shape index (κ1) is 15.4. The standard InChI is InChI=1S/C14H24N4OS/c1-3-18-8-5-11(6-9-18)17(2)14(19)12-10-20-13(16-12)4-7-15/h10-11H,3-9,15H2,1-2H3. The normalized spacial score (nSPS) is 17.4. The summed E-state index contributed by atoms with van der Waals surface area (Å²) >= 11 is 1.52. The number of hydrogen-bond acceptors (Lipinski definition) is 5. The van der Waals surface area contributed by atoms with Crippen LogP contribution in [0, 0.1) is 0 Å². The molecule has 0 saturated carbocycles. The van der Waals surface area contributed by atoms with Crippen molar-refractivity contribution in [3.05, 3.63) is 16.1 Å². The average Bonchev–Trinajstić information content (AvgIpc) is 2.95. The second-order valence-electron chi connectivity index (χ2n) is 5.25. The zero-order chi connectivity index (χ0) is 14.5. The molecule has 2 rings (SSSR count). The van der Waals surface area contributed by atoms with E-state index in [4.69, 9.17) is 5.73 Å². The molecule has 1 aliphatic rings. The van der Waals surface area contributed by atoms with Gasteiger partial charge in [0.25, 0.3) is 5.91 Å². The van der Waals surface area contributed by atoms with Crippen LogP contribution in [-0.2, 0) is 6.42 Å². The first-order valence-corrected chi connectivity index (χ1v) is 8.17. The van der Waals surface area contributed by atoms with Crippen LogP contribution in [0.4, 0.5) is 0 Å². The van der Waals surface area contributed by atoms with E-state index in [1.807, 2.05) is 17.3 Å². The van der Waals surface area contributed by atoms with Crippen molar-refractivity contribution < 1.29 is 4.79 Å². The monoisotopic (exact) mass is 296 g/mol. The highest BCUT2D eigenvalue weighted by molar-refractivity contribution is 7.09. The van der Waals surface area contributed by atoms with E-state index in [0.717, 1.165) is 43.9 Å². The Morgan fingerprint density at radius 3 is 2.85 bits per heavy atom. The first-order chi connectivity index (χ1) is 9.65. The number of likely N-dealkylation sites (tertiary alicyclic amines) is 1. The molecular formula is C14H24N4OS. The third-order valence-corrected chi connectivity index (χ3v) is 4.91. The van der Waals surface area contributed by atoms with E-state index in [-0.39, 0.29) is 5.91 Å². The molecule has 0 radical (unpaired) electrons. The van der Waals surface area contributed by atoms with E-state index in [1.165, 1.54) is 11.3 Å². The number of carbonyl (C=O) groups excluding carboxylic acids is 1. The van der Waals surface area contributed by atoms with Gasteiger partial charge < -0.3 is 15.5 Å². The van der Waals surface area contributed by atoms with Crippen LogP contribution in [0.2, 0.25) is 0 Å². The van der Waals surface area contributed by atoms with Crippen LogP contribution in [0.1, 0.15) is 35.3 Å². The Hall–Kier alpha value is -0.980. The van der Waals surface area contributed by atoms with Gasteiger partial charge in [0.05, 0.1) is 5.01 Å². The molecule has 5 nitrogen and oxygen atoms in total. The van der Waals surface area contributed by atoms with E-state index >= 15 is 0 Å². The van der Waals surface area contributed by atoms with Gasteiger partial charge in [0.1, 0.15) is 5.69 Å². The summed E-state index contributed by atoms with van der Waals surface area (Å²) in [5, 5.41) is 2.80. The zero-order valence-electron chi connectivity index (χ0n) is 12.3. The molecule has 0 aromatic carbocycles. The number of rotatable bonds is 5. The molecule has 2 N–H and O–H groups in total. The molecule has 0 spiro atoms. The van der Waals surface area contributed by atoms with Gasteiger partial charge in [-0.15, -0.1) is 11.3 Å². The Bertz CT molecular complexity index is 440. The summed E-state index contributed by atoms with van der Waals surface area (Å²) < 4.78 is 0. The summed E-state index contributed by atoms with van der Waals surface area (Å²) in [5.41, 5.74) is 6.08. The lowest BCUT2D eigenvalue weighted by molar-refractivity contribution is 0.0641. The molecule has 1 fully saturated rings. The predicted octanol–water partition coefficient (Wildman–Crippen LogP) is 1.20. The first-order valence-electron chi connectivity index (χ1n) is 7.29. The Balaban J connectivity index is 1.94. The highest BCUT2D eigenvalue weighted by Gasteiger charge is 2.26. The van der Waals surface area contributed by atoms with Crippen molar-refractivity contribution in [2.24, 2.45) is 5.73 Å². The molecule has 112 valence electrons. The highest BCUT2D eigenvalue weighted by atomic mass is 32.1. The van der Waals surface area contributed by atoms with Crippen LogP contribution in [-0.4, -0.2) is 60.0 Å². The Labute approximate surface area is 124 Å². The van der Waals surface area contributed by atoms with Crippen molar-refractivity contribution in [2.45, 2.75) is 32.2 Å². The number of piperidine rings is 1. The Morgan fingerprint density at radius 2 is 2.25 bits per heavy atom. The Kier molecular flexibility index (Phi) is 5.51. The van der Waals surface area contributed by atoms with Crippen molar-refractivity contribution >= 4 is 17.2 Å². The molecule has 0 bridgehead atoms. The minimum absolute atomic E-state index is 0.0412. The van der Waals surface area contributed by atoms with Gasteiger partial charge >= 0.3 is 0 Å². The number of carbonyl (C=O) groups is 1. The molecular weight excluding hydrogens is 272 g/mol. The van der Waals surface area contributed by atoms with Crippen LogP contribution < -0.4 is 5.73 Å². The molecule has 0 aliphatic carbocycles. The number of amides is 1. The quantitative estimate of drug-likeness (QED) is 0.887. The van der Waals surface area contributed by atoms with Crippen LogP contribution >= 0.6 is 11.3 Å². The summed E-state index contributed by atoms with van der Waals surface area (Å²) in [4.78, 5) is 21.1. The zero-order valence-corrected chi connectivity index (χ0v) is 13.2. The van der Waals surface area contributed by atoms with Crippen LogP contribution in [0.15, 0.2) is 5.38 Å². The van der Waals surface area contributed by atoms with E-state index in [0.29, 0.717) is 18.3 Å². The van der Waals surface area contributed by atoms with Crippen LogP contribution in [0.25, 0.3) is 0 Å². The number of nitrogens with zero attached hydrogens (tertiary/aromatic N) is 3. The lowest BCUT2D eigenvalue weighted by atomic mass is 10.0. The number of hydrogen-bond donors (Lipinski definition) is 1. The molecule has 0 unspecified atom stereocenters. The molecule has 6 heteroatoms. The summed E-state index contributed by atoms with van der Waals surface area (Å²) in [7, 11) is 1.90. The number of aromatic nitrogens is 1. The second kappa shape index (κ2) is 7.15. The van der Waals surface area contributed by atoms with Crippen LogP contribution in [0.5, 0.6) is 0 Å². The highest BCUT2D eigenvalue weighted by Crippen LogP contribution is 2.18. The van der Waals surface area contributed by atoms with Crippen molar-refractivity contribution in [3.63, 3.8) is 0 Å². The van der Waals surface area contributed by atoms with Crippen molar-refractivity contribution in [3.8, 4) is 0 Å². The van der Waals surface area contributed by atoms with Gasteiger partial charge in [-0.25, -0.2) is 4.98 Å². The van der Waals surface area contributed by atoms with Crippen molar-refractivity contribution in [2.75, 3.05) is 33.2 Å². The summed E-state index contributed by atoms with van der Waals surface area (Å²) in [6.07, 6.45) is 2.85. The molecule has 1 amide bonds. The topological polar surface area (TPSA) is 62.5 Å².